The van der Waals surface area contributed by atoms with Crippen LogP contribution in [0.2, 0.25) is 5.02 Å². The molecule has 25 heavy (non-hydrogen) atoms. The van der Waals surface area contributed by atoms with Crippen molar-refractivity contribution < 1.29 is 4.79 Å². The predicted molar refractivity (Wildman–Crippen MR) is 103 cm³/mol. The number of hydrogen-bond donors (Lipinski definition) is 1. The molecular formula is C20H18ClN3O. The molecule has 0 saturated heterocycles. The molecule has 2 aromatic carbocycles. The highest BCUT2D eigenvalue weighted by Gasteiger charge is 2.11. The van der Waals surface area contributed by atoms with Gasteiger partial charge in [0.2, 0.25) is 0 Å². The molecule has 0 atom stereocenters. The summed E-state index contributed by atoms with van der Waals surface area (Å²) >= 11 is 5.85. The summed E-state index contributed by atoms with van der Waals surface area (Å²) in [5.41, 5.74) is 2.26. The second kappa shape index (κ2) is 7.81. The molecule has 0 aliphatic rings. The molecule has 0 radical (unpaired) electrons. The van der Waals surface area contributed by atoms with Crippen molar-refractivity contribution in [1.82, 2.24) is 4.98 Å². The highest BCUT2D eigenvalue weighted by Crippen LogP contribution is 2.23. The molecule has 3 rings (SSSR count). The maximum atomic E-state index is 12.3. The van der Waals surface area contributed by atoms with Crippen LogP contribution in [-0.4, -0.2) is 17.4 Å². The van der Waals surface area contributed by atoms with Gasteiger partial charge in [-0.2, -0.15) is 0 Å². The number of nitrogens with one attached hydrogen (secondary N) is 1. The first-order valence-electron chi connectivity index (χ1n) is 8.03. The van der Waals surface area contributed by atoms with E-state index in [2.05, 4.69) is 22.1 Å². The van der Waals surface area contributed by atoms with E-state index in [4.69, 9.17) is 11.6 Å². The zero-order chi connectivity index (χ0) is 17.6. The topological polar surface area (TPSA) is 45.2 Å². The molecule has 1 amide bonds. The van der Waals surface area contributed by atoms with Crippen LogP contribution < -0.4 is 10.2 Å². The quantitative estimate of drug-likeness (QED) is 0.691. The SMILES string of the molecule is CCN(c1ccccc1)c1ccc(C(=O)Nc2ccc(Cl)cc2)cn1. The predicted octanol–water partition coefficient (Wildman–Crippen LogP) is 5.15. The van der Waals surface area contributed by atoms with Crippen molar-refractivity contribution in [2.24, 2.45) is 0 Å². The fraction of sp³-hybridized carbons (Fsp3) is 0.100. The van der Waals surface area contributed by atoms with Crippen LogP contribution in [0.5, 0.6) is 0 Å². The minimum absolute atomic E-state index is 0.205. The van der Waals surface area contributed by atoms with E-state index < -0.39 is 0 Å². The lowest BCUT2D eigenvalue weighted by Gasteiger charge is -2.22. The van der Waals surface area contributed by atoms with Gasteiger partial charge in [-0.1, -0.05) is 29.8 Å². The summed E-state index contributed by atoms with van der Waals surface area (Å²) in [6, 6.07) is 20.7. The lowest BCUT2D eigenvalue weighted by Crippen LogP contribution is -2.18. The van der Waals surface area contributed by atoms with E-state index in [1.165, 1.54) is 0 Å². The zero-order valence-electron chi connectivity index (χ0n) is 13.8. The number of hydrogen-bond acceptors (Lipinski definition) is 3. The fourth-order valence-electron chi connectivity index (χ4n) is 2.50. The highest BCUT2D eigenvalue weighted by molar-refractivity contribution is 6.30. The first-order valence-corrected chi connectivity index (χ1v) is 8.40. The van der Waals surface area contributed by atoms with Gasteiger partial charge >= 0.3 is 0 Å². The standard InChI is InChI=1S/C20H18ClN3O/c1-2-24(18-6-4-3-5-7-18)19-13-8-15(14-22-19)20(25)23-17-11-9-16(21)10-12-17/h3-14H,2H2,1H3,(H,23,25). The Labute approximate surface area is 152 Å². The molecule has 126 valence electrons. The molecule has 3 aromatic rings. The van der Waals surface area contributed by atoms with Crippen LogP contribution >= 0.6 is 11.6 Å². The molecule has 0 bridgehead atoms. The van der Waals surface area contributed by atoms with Crippen molar-refractivity contribution in [3.63, 3.8) is 0 Å². The van der Waals surface area contributed by atoms with Crippen LogP contribution in [0.25, 0.3) is 0 Å². The summed E-state index contributed by atoms with van der Waals surface area (Å²) in [4.78, 5) is 18.9. The number of benzene rings is 2. The number of amides is 1. The van der Waals surface area contributed by atoms with E-state index in [-0.39, 0.29) is 5.91 Å². The molecule has 0 unspecified atom stereocenters. The summed E-state index contributed by atoms with van der Waals surface area (Å²) in [6.07, 6.45) is 1.59. The third-order valence-electron chi connectivity index (χ3n) is 3.77. The van der Waals surface area contributed by atoms with E-state index in [0.29, 0.717) is 16.3 Å². The van der Waals surface area contributed by atoms with Crippen molar-refractivity contribution in [1.29, 1.82) is 0 Å². The average Bonchev–Trinajstić information content (AvgIpc) is 2.66. The van der Waals surface area contributed by atoms with E-state index >= 15 is 0 Å². The molecule has 0 spiro atoms. The first-order chi connectivity index (χ1) is 12.2. The number of para-hydroxylation sites is 1. The van der Waals surface area contributed by atoms with E-state index in [1.54, 1.807) is 36.5 Å². The van der Waals surface area contributed by atoms with Crippen molar-refractivity contribution >= 4 is 34.7 Å². The Morgan fingerprint density at radius 3 is 2.36 bits per heavy atom. The highest BCUT2D eigenvalue weighted by atomic mass is 35.5. The van der Waals surface area contributed by atoms with Crippen LogP contribution in [0, 0.1) is 0 Å². The van der Waals surface area contributed by atoms with Gasteiger partial charge < -0.3 is 10.2 Å². The summed E-state index contributed by atoms with van der Waals surface area (Å²) in [5.74, 6) is 0.598. The number of nitrogens with zero attached hydrogens (tertiary/aromatic N) is 2. The molecule has 1 N–H and O–H groups in total. The number of aromatic nitrogens is 1. The minimum atomic E-state index is -0.205. The second-order valence-corrected chi connectivity index (χ2v) is 5.88. The van der Waals surface area contributed by atoms with E-state index in [0.717, 1.165) is 18.1 Å². The lowest BCUT2D eigenvalue weighted by atomic mass is 10.2. The summed E-state index contributed by atoms with van der Waals surface area (Å²) < 4.78 is 0. The maximum absolute atomic E-state index is 12.3. The van der Waals surface area contributed by atoms with Gasteiger partial charge in [-0.3, -0.25) is 4.79 Å². The molecule has 5 heteroatoms. The van der Waals surface area contributed by atoms with Gasteiger partial charge in [0, 0.05) is 29.1 Å². The van der Waals surface area contributed by atoms with Crippen molar-refractivity contribution in [2.45, 2.75) is 6.92 Å². The molecule has 0 saturated carbocycles. The molecule has 1 heterocycles. The molecule has 0 fully saturated rings. The lowest BCUT2D eigenvalue weighted by molar-refractivity contribution is 0.102. The third-order valence-corrected chi connectivity index (χ3v) is 4.02. The van der Waals surface area contributed by atoms with Crippen molar-refractivity contribution in [2.75, 3.05) is 16.8 Å². The van der Waals surface area contributed by atoms with Crippen LogP contribution in [0.4, 0.5) is 17.2 Å². The molecule has 4 nitrogen and oxygen atoms in total. The summed E-state index contributed by atoms with van der Waals surface area (Å²) in [5, 5.41) is 3.46. The number of rotatable bonds is 5. The largest absolute Gasteiger partial charge is 0.327 e. The molecule has 0 aliphatic carbocycles. The Kier molecular flexibility index (Phi) is 5.31. The van der Waals surface area contributed by atoms with Crippen LogP contribution in [0.1, 0.15) is 17.3 Å². The van der Waals surface area contributed by atoms with E-state index in [1.807, 2.05) is 36.4 Å². The zero-order valence-corrected chi connectivity index (χ0v) is 14.6. The average molecular weight is 352 g/mol. The smallest absolute Gasteiger partial charge is 0.257 e. The van der Waals surface area contributed by atoms with Gasteiger partial charge in [-0.05, 0) is 55.5 Å². The monoisotopic (exact) mass is 351 g/mol. The molecule has 1 aromatic heterocycles. The Morgan fingerprint density at radius 1 is 1.04 bits per heavy atom. The van der Waals surface area contributed by atoms with Crippen molar-refractivity contribution in [3.8, 4) is 0 Å². The number of anilines is 3. The summed E-state index contributed by atoms with van der Waals surface area (Å²) in [6.45, 7) is 2.85. The van der Waals surface area contributed by atoms with Crippen LogP contribution in [0.3, 0.4) is 0 Å². The fourth-order valence-corrected chi connectivity index (χ4v) is 2.63. The normalized spacial score (nSPS) is 10.3. The second-order valence-electron chi connectivity index (χ2n) is 5.45. The van der Waals surface area contributed by atoms with Gasteiger partial charge in [0.1, 0.15) is 5.82 Å². The van der Waals surface area contributed by atoms with Gasteiger partial charge in [-0.25, -0.2) is 4.98 Å². The Bertz CT molecular complexity index is 833. The number of carbonyl (C=O) groups is 1. The number of pyridine rings is 1. The Balaban J connectivity index is 1.75. The van der Waals surface area contributed by atoms with Gasteiger partial charge in [0.25, 0.3) is 5.91 Å². The van der Waals surface area contributed by atoms with Gasteiger partial charge in [0.15, 0.2) is 0 Å². The molecule has 0 aliphatic heterocycles. The number of halogens is 1. The molecular weight excluding hydrogens is 334 g/mol. The van der Waals surface area contributed by atoms with Gasteiger partial charge in [-0.15, -0.1) is 0 Å². The maximum Gasteiger partial charge on any atom is 0.257 e. The Morgan fingerprint density at radius 2 is 1.76 bits per heavy atom. The third kappa shape index (κ3) is 4.17. The van der Waals surface area contributed by atoms with E-state index in [9.17, 15) is 4.79 Å². The van der Waals surface area contributed by atoms with Crippen molar-refractivity contribution in [3.05, 3.63) is 83.5 Å². The minimum Gasteiger partial charge on any atom is -0.327 e. The number of carbonyl (C=O) groups excluding carboxylic acids is 1. The first kappa shape index (κ1) is 17.0. The van der Waals surface area contributed by atoms with Crippen LogP contribution in [0.15, 0.2) is 72.9 Å². The summed E-state index contributed by atoms with van der Waals surface area (Å²) in [7, 11) is 0. The Hall–Kier alpha value is -2.85. The van der Waals surface area contributed by atoms with Crippen LogP contribution in [-0.2, 0) is 0 Å². The van der Waals surface area contributed by atoms with Gasteiger partial charge in [0.05, 0.1) is 5.56 Å².